The number of benzene rings is 1. The van der Waals surface area contributed by atoms with E-state index < -0.39 is 0 Å². The van der Waals surface area contributed by atoms with Crippen molar-refractivity contribution in [3.63, 3.8) is 0 Å². The van der Waals surface area contributed by atoms with Crippen LogP contribution >= 0.6 is 11.3 Å². The van der Waals surface area contributed by atoms with Gasteiger partial charge in [-0.3, -0.25) is 9.48 Å². The molecule has 1 N–H and O–H groups in total. The first-order chi connectivity index (χ1) is 11.6. The zero-order valence-corrected chi connectivity index (χ0v) is 14.5. The molecule has 1 aliphatic rings. The summed E-state index contributed by atoms with van der Waals surface area (Å²) in [5.41, 5.74) is 2.85. The fourth-order valence-corrected chi connectivity index (χ4v) is 3.88. The van der Waals surface area contributed by atoms with E-state index >= 15 is 0 Å². The number of rotatable bonds is 4. The van der Waals surface area contributed by atoms with E-state index in [9.17, 15) is 4.79 Å². The van der Waals surface area contributed by atoms with Crippen molar-refractivity contribution in [2.75, 3.05) is 18.0 Å². The number of carbonyl (C=O) groups excluding carboxylic acids is 1. The highest BCUT2D eigenvalue weighted by molar-refractivity contribution is 7.22. The molecular weight excluding hydrogens is 322 g/mol. The maximum absolute atomic E-state index is 12.1. The van der Waals surface area contributed by atoms with Gasteiger partial charge in [-0.15, -0.1) is 0 Å². The van der Waals surface area contributed by atoms with Crippen LogP contribution in [-0.4, -0.2) is 39.8 Å². The number of carbonyl (C=O) groups is 1. The van der Waals surface area contributed by atoms with E-state index in [2.05, 4.69) is 40.4 Å². The van der Waals surface area contributed by atoms with Gasteiger partial charge in [0.1, 0.15) is 5.69 Å². The molecule has 0 unspecified atom stereocenters. The molecule has 0 aliphatic carbocycles. The largest absolute Gasteiger partial charge is 0.344 e. The van der Waals surface area contributed by atoms with Gasteiger partial charge in [0, 0.05) is 26.3 Å². The van der Waals surface area contributed by atoms with E-state index in [4.69, 9.17) is 4.98 Å². The maximum atomic E-state index is 12.1. The first-order valence-corrected chi connectivity index (χ1v) is 8.89. The fraction of sp³-hybridized carbons (Fsp3) is 0.353. The highest BCUT2D eigenvalue weighted by Crippen LogP contribution is 2.32. The molecule has 0 saturated carbocycles. The summed E-state index contributed by atoms with van der Waals surface area (Å²) in [4.78, 5) is 19.0. The first kappa shape index (κ1) is 15.1. The Bertz CT molecular complexity index is 893. The second-order valence-electron chi connectivity index (χ2n) is 6.10. The molecule has 0 bridgehead atoms. The standard InChI is InChI=1S/C17H19N5OS/c1-3-11-4-5-13-15(8-11)24-17(19-13)22-9-12(10-22)18-16(23)14-6-7-21(2)20-14/h4-8,12H,3,9-10H2,1-2H3,(H,18,23). The van der Waals surface area contributed by atoms with E-state index in [1.807, 2.05) is 0 Å². The normalized spacial score (nSPS) is 14.8. The average Bonchev–Trinajstić information content (AvgIpc) is 3.15. The summed E-state index contributed by atoms with van der Waals surface area (Å²) in [5, 5.41) is 8.17. The number of aromatic nitrogens is 3. The monoisotopic (exact) mass is 341 g/mol. The van der Waals surface area contributed by atoms with Crippen molar-refractivity contribution in [2.24, 2.45) is 7.05 Å². The second-order valence-corrected chi connectivity index (χ2v) is 7.11. The highest BCUT2D eigenvalue weighted by atomic mass is 32.1. The lowest BCUT2D eigenvalue weighted by Gasteiger charge is -2.39. The third-order valence-electron chi connectivity index (χ3n) is 4.28. The molecule has 1 aromatic carbocycles. The maximum Gasteiger partial charge on any atom is 0.272 e. The molecule has 24 heavy (non-hydrogen) atoms. The molecule has 2 aromatic heterocycles. The lowest BCUT2D eigenvalue weighted by atomic mass is 10.1. The van der Waals surface area contributed by atoms with Crippen molar-refractivity contribution < 1.29 is 4.79 Å². The van der Waals surface area contributed by atoms with Crippen LogP contribution in [0, 0.1) is 0 Å². The Morgan fingerprint density at radius 3 is 2.92 bits per heavy atom. The molecule has 1 saturated heterocycles. The molecule has 3 aromatic rings. The molecule has 0 atom stereocenters. The van der Waals surface area contributed by atoms with Crippen LogP contribution in [0.2, 0.25) is 0 Å². The van der Waals surface area contributed by atoms with E-state index in [1.165, 1.54) is 10.3 Å². The zero-order chi connectivity index (χ0) is 16.7. The van der Waals surface area contributed by atoms with Crippen LogP contribution in [-0.2, 0) is 13.5 Å². The van der Waals surface area contributed by atoms with Crippen molar-refractivity contribution in [2.45, 2.75) is 19.4 Å². The van der Waals surface area contributed by atoms with Gasteiger partial charge in [-0.1, -0.05) is 24.3 Å². The number of aryl methyl sites for hydroxylation is 2. The molecular formula is C17H19N5OS. The smallest absolute Gasteiger partial charge is 0.272 e. The van der Waals surface area contributed by atoms with Gasteiger partial charge in [0.25, 0.3) is 5.91 Å². The minimum absolute atomic E-state index is 0.114. The van der Waals surface area contributed by atoms with E-state index in [0.717, 1.165) is 30.2 Å². The van der Waals surface area contributed by atoms with Gasteiger partial charge in [0.15, 0.2) is 5.13 Å². The van der Waals surface area contributed by atoms with Crippen molar-refractivity contribution in [3.8, 4) is 0 Å². The SMILES string of the molecule is CCc1ccc2nc(N3CC(NC(=O)c4ccn(C)n4)C3)sc2c1. The molecule has 1 fully saturated rings. The zero-order valence-electron chi connectivity index (χ0n) is 13.7. The number of nitrogens with zero attached hydrogens (tertiary/aromatic N) is 4. The number of nitrogens with one attached hydrogen (secondary N) is 1. The average molecular weight is 341 g/mol. The topological polar surface area (TPSA) is 63.1 Å². The number of amides is 1. The molecule has 6 nitrogen and oxygen atoms in total. The van der Waals surface area contributed by atoms with Crippen molar-refractivity contribution >= 4 is 32.6 Å². The molecule has 0 spiro atoms. The van der Waals surface area contributed by atoms with E-state index in [0.29, 0.717) is 5.69 Å². The Balaban J connectivity index is 1.39. The van der Waals surface area contributed by atoms with E-state index in [1.54, 1.807) is 35.3 Å². The summed E-state index contributed by atoms with van der Waals surface area (Å²) < 4.78 is 2.86. The quantitative estimate of drug-likeness (QED) is 0.790. The van der Waals surface area contributed by atoms with Crippen LogP contribution in [0.25, 0.3) is 10.2 Å². The predicted molar refractivity (Wildman–Crippen MR) is 95.7 cm³/mol. The lowest BCUT2D eigenvalue weighted by Crippen LogP contribution is -2.59. The molecule has 7 heteroatoms. The van der Waals surface area contributed by atoms with Crippen LogP contribution in [0.1, 0.15) is 23.0 Å². The van der Waals surface area contributed by atoms with Crippen molar-refractivity contribution in [1.29, 1.82) is 0 Å². The van der Waals surface area contributed by atoms with Gasteiger partial charge in [-0.25, -0.2) is 4.98 Å². The van der Waals surface area contributed by atoms with Gasteiger partial charge >= 0.3 is 0 Å². The summed E-state index contributed by atoms with van der Waals surface area (Å²) in [6, 6.07) is 8.32. The van der Waals surface area contributed by atoms with Gasteiger partial charge < -0.3 is 10.2 Å². The van der Waals surface area contributed by atoms with Crippen molar-refractivity contribution in [1.82, 2.24) is 20.1 Å². The molecule has 4 rings (SSSR count). The summed E-state index contributed by atoms with van der Waals surface area (Å²) in [7, 11) is 1.80. The van der Waals surface area contributed by atoms with Gasteiger partial charge in [0.05, 0.1) is 16.3 Å². The number of anilines is 1. The molecule has 3 heterocycles. The van der Waals surface area contributed by atoms with Crippen LogP contribution < -0.4 is 10.2 Å². The minimum Gasteiger partial charge on any atom is -0.344 e. The van der Waals surface area contributed by atoms with Crippen LogP contribution in [0.3, 0.4) is 0 Å². The number of hydrogen-bond donors (Lipinski definition) is 1. The van der Waals surface area contributed by atoms with Gasteiger partial charge in [-0.2, -0.15) is 5.10 Å². The Morgan fingerprint density at radius 2 is 2.21 bits per heavy atom. The summed E-state index contributed by atoms with van der Waals surface area (Å²) in [6.07, 6.45) is 2.81. The Kier molecular flexibility index (Phi) is 3.72. The Hall–Kier alpha value is -2.41. The summed E-state index contributed by atoms with van der Waals surface area (Å²) in [5.74, 6) is -0.114. The summed E-state index contributed by atoms with van der Waals surface area (Å²) in [6.45, 7) is 3.74. The van der Waals surface area contributed by atoms with Gasteiger partial charge in [-0.05, 0) is 30.2 Å². The minimum atomic E-state index is -0.114. The van der Waals surface area contributed by atoms with Gasteiger partial charge in [0.2, 0.25) is 0 Å². The fourth-order valence-electron chi connectivity index (χ4n) is 2.83. The van der Waals surface area contributed by atoms with Crippen LogP contribution in [0.5, 0.6) is 0 Å². The molecule has 0 radical (unpaired) electrons. The number of hydrogen-bond acceptors (Lipinski definition) is 5. The first-order valence-electron chi connectivity index (χ1n) is 8.07. The molecule has 1 aliphatic heterocycles. The predicted octanol–water partition coefficient (Wildman–Crippen LogP) is 2.21. The molecule has 1 amide bonds. The van der Waals surface area contributed by atoms with Crippen molar-refractivity contribution in [3.05, 3.63) is 41.7 Å². The third kappa shape index (κ3) is 2.75. The Labute approximate surface area is 144 Å². The lowest BCUT2D eigenvalue weighted by molar-refractivity contribution is 0.0924. The van der Waals surface area contributed by atoms with Crippen LogP contribution in [0.4, 0.5) is 5.13 Å². The third-order valence-corrected chi connectivity index (χ3v) is 5.36. The Morgan fingerprint density at radius 1 is 1.38 bits per heavy atom. The van der Waals surface area contributed by atoms with E-state index in [-0.39, 0.29) is 11.9 Å². The molecule has 124 valence electrons. The van der Waals surface area contributed by atoms with Crippen LogP contribution in [0.15, 0.2) is 30.5 Å². The second kappa shape index (κ2) is 5.90. The number of thiazole rings is 1. The summed E-state index contributed by atoms with van der Waals surface area (Å²) >= 11 is 1.72. The number of fused-ring (bicyclic) bond motifs is 1. The highest BCUT2D eigenvalue weighted by Gasteiger charge is 2.30.